The number of ether oxygens (including phenoxy) is 3. The minimum absolute atomic E-state index is 0.0108. The fraction of sp³-hybridized carbons (Fsp3) is 0.244. The van der Waals surface area contributed by atoms with Crippen LogP contribution < -0.4 is 25.8 Å². The molecule has 0 bridgehead atoms. The van der Waals surface area contributed by atoms with Gasteiger partial charge in [0.05, 0.1) is 18.4 Å². The van der Waals surface area contributed by atoms with Crippen molar-refractivity contribution in [2.24, 2.45) is 5.73 Å². The van der Waals surface area contributed by atoms with Crippen LogP contribution >= 0.6 is 0 Å². The van der Waals surface area contributed by atoms with Crippen LogP contribution in [0.25, 0.3) is 0 Å². The zero-order valence-corrected chi connectivity index (χ0v) is 33.6. The Morgan fingerprint density at radius 3 is 2.05 bits per heavy atom. The van der Waals surface area contributed by atoms with Gasteiger partial charge in [-0.05, 0) is 106 Å². The molecule has 0 saturated heterocycles. The van der Waals surface area contributed by atoms with E-state index < -0.39 is 22.9 Å². The van der Waals surface area contributed by atoms with Crippen molar-refractivity contribution in [1.29, 1.82) is 0 Å². The molecule has 0 aliphatic carbocycles. The predicted molar refractivity (Wildman–Crippen MR) is 223 cm³/mol. The SMILES string of the molecule is COc1nc(Nc2cccc(C(CCN(C(C)C)C(C)C)(C(N)=O)c3ccccn3)c2)nc(Nc2ccc3c(c2)C2(OC3=O)c3ccc(O)cc3Oc3cc(O)ccc32)n1. The van der Waals surface area contributed by atoms with Crippen LogP contribution in [0.3, 0.4) is 0 Å². The first-order valence-electron chi connectivity index (χ1n) is 19.5. The number of amides is 1. The van der Waals surface area contributed by atoms with Crippen molar-refractivity contribution in [3.05, 3.63) is 137 Å². The molecule has 15 heteroatoms. The number of pyridine rings is 1. The smallest absolute Gasteiger partial charge is 0.340 e. The molecule has 6 aromatic rings. The number of esters is 1. The molecule has 15 nitrogen and oxygen atoms in total. The summed E-state index contributed by atoms with van der Waals surface area (Å²) in [5.74, 6) is -0.410. The number of hydrogen-bond donors (Lipinski definition) is 5. The van der Waals surface area contributed by atoms with E-state index >= 15 is 0 Å². The van der Waals surface area contributed by atoms with E-state index in [2.05, 4.69) is 63.2 Å². The number of aromatic nitrogens is 4. The second-order valence-corrected chi connectivity index (χ2v) is 15.3. The third kappa shape index (κ3) is 6.91. The minimum Gasteiger partial charge on any atom is -0.508 e. The molecule has 1 amide bonds. The van der Waals surface area contributed by atoms with Crippen molar-refractivity contribution in [2.75, 3.05) is 24.3 Å². The highest BCUT2D eigenvalue weighted by molar-refractivity contribution is 5.98. The summed E-state index contributed by atoms with van der Waals surface area (Å²) in [6, 6.07) is 27.6. The van der Waals surface area contributed by atoms with E-state index in [1.54, 1.807) is 42.6 Å². The molecule has 4 aromatic carbocycles. The standard InChI is InChI=1S/C45H44N8O7/c1-25(2)53(26(3)4)20-18-44(40(46)57,38-11-6-7-19-47-38)27-9-8-10-28(21-27)48-41-50-42(52-43(51-41)58-5)49-29-12-15-32-35(22-29)45(60-39(32)56)33-16-13-30(54)23-36(33)59-37-24-31(55)14-17-34(37)45/h6-17,19,21-26,54-55H,18,20H2,1-5H3,(H2,46,57)(H2,48,49,50,51,52). The second-order valence-electron chi connectivity index (χ2n) is 15.3. The van der Waals surface area contributed by atoms with Gasteiger partial charge < -0.3 is 40.8 Å². The number of primary amides is 1. The number of benzene rings is 4. The van der Waals surface area contributed by atoms with E-state index in [0.717, 1.165) is 0 Å². The monoisotopic (exact) mass is 808 g/mol. The van der Waals surface area contributed by atoms with Gasteiger partial charge in [-0.3, -0.25) is 14.7 Å². The van der Waals surface area contributed by atoms with E-state index in [1.165, 1.54) is 31.4 Å². The molecule has 1 unspecified atom stereocenters. The lowest BCUT2D eigenvalue weighted by atomic mass is 9.73. The first kappa shape index (κ1) is 39.6. The summed E-state index contributed by atoms with van der Waals surface area (Å²) < 4.78 is 17.8. The topological polar surface area (TPSA) is 207 Å². The molecule has 0 fully saturated rings. The maximum atomic E-state index is 13.7. The Hall–Kier alpha value is -7.26. The number of carbonyl (C=O) groups excluding carboxylic acids is 2. The normalized spacial score (nSPS) is 14.5. The Balaban J connectivity index is 1.14. The van der Waals surface area contributed by atoms with Crippen molar-refractivity contribution in [3.63, 3.8) is 0 Å². The van der Waals surface area contributed by atoms with Crippen LogP contribution in [0.2, 0.25) is 0 Å². The van der Waals surface area contributed by atoms with Gasteiger partial charge >= 0.3 is 12.0 Å². The van der Waals surface area contributed by atoms with Crippen molar-refractivity contribution in [1.82, 2.24) is 24.8 Å². The Morgan fingerprint density at radius 1 is 0.817 bits per heavy atom. The molecule has 0 saturated carbocycles. The molecule has 1 atom stereocenters. The highest BCUT2D eigenvalue weighted by Gasteiger charge is 2.54. The Labute approximate surface area is 346 Å². The number of fused-ring (bicyclic) bond motifs is 6. The van der Waals surface area contributed by atoms with Gasteiger partial charge in [0.25, 0.3) is 0 Å². The summed E-state index contributed by atoms with van der Waals surface area (Å²) in [5, 5.41) is 27.1. The largest absolute Gasteiger partial charge is 0.508 e. The van der Waals surface area contributed by atoms with Crippen molar-refractivity contribution >= 4 is 35.1 Å². The maximum absolute atomic E-state index is 13.7. The summed E-state index contributed by atoms with van der Waals surface area (Å²) in [6.45, 7) is 9.11. The van der Waals surface area contributed by atoms with Gasteiger partial charge in [0, 0.05) is 65.0 Å². The predicted octanol–water partition coefficient (Wildman–Crippen LogP) is 7.02. The number of methoxy groups -OCH3 is 1. The summed E-state index contributed by atoms with van der Waals surface area (Å²) in [6.07, 6.45) is 2.05. The average molecular weight is 809 g/mol. The number of hydrogen-bond acceptors (Lipinski definition) is 14. The van der Waals surface area contributed by atoms with E-state index in [1.807, 2.05) is 36.4 Å². The fourth-order valence-electron chi connectivity index (χ4n) is 8.29. The number of carbonyl (C=O) groups is 2. The lowest BCUT2D eigenvalue weighted by molar-refractivity contribution is -0.122. The molecule has 60 heavy (non-hydrogen) atoms. The highest BCUT2D eigenvalue weighted by atomic mass is 16.6. The van der Waals surface area contributed by atoms with Gasteiger partial charge in [0.1, 0.15) is 28.4 Å². The minimum atomic E-state index is -1.47. The van der Waals surface area contributed by atoms with Gasteiger partial charge in [0.15, 0.2) is 5.60 Å². The quantitative estimate of drug-likeness (QED) is 0.0744. The third-order valence-corrected chi connectivity index (χ3v) is 11.0. The molecule has 4 heterocycles. The van der Waals surface area contributed by atoms with Crippen LogP contribution in [0, 0.1) is 0 Å². The van der Waals surface area contributed by atoms with Crippen molar-refractivity contribution < 1.29 is 34.0 Å². The van der Waals surface area contributed by atoms with E-state index in [0.29, 0.717) is 57.9 Å². The summed E-state index contributed by atoms with van der Waals surface area (Å²) in [7, 11) is 1.44. The number of nitrogens with zero attached hydrogens (tertiary/aromatic N) is 5. The maximum Gasteiger partial charge on any atom is 0.340 e. The number of aromatic hydroxyl groups is 2. The number of phenolic OH excluding ortho intramolecular Hbond substituents is 2. The molecule has 2 aliphatic heterocycles. The molecule has 2 aliphatic rings. The van der Waals surface area contributed by atoms with Crippen molar-refractivity contribution in [2.45, 2.75) is 57.2 Å². The summed E-state index contributed by atoms with van der Waals surface area (Å²) in [4.78, 5) is 47.7. The number of anilines is 4. The lowest BCUT2D eigenvalue weighted by Crippen LogP contribution is -2.47. The number of nitrogens with one attached hydrogen (secondary N) is 2. The molecule has 2 aromatic heterocycles. The molecule has 8 rings (SSSR count). The molecule has 1 spiro atoms. The first-order chi connectivity index (χ1) is 28.8. The van der Waals surface area contributed by atoms with Crippen molar-refractivity contribution in [3.8, 4) is 29.0 Å². The highest BCUT2D eigenvalue weighted by Crippen LogP contribution is 2.57. The molecule has 6 N–H and O–H groups in total. The molecule has 306 valence electrons. The van der Waals surface area contributed by atoms with Gasteiger partial charge in [-0.15, -0.1) is 0 Å². The number of nitrogens with two attached hydrogens (primary N) is 1. The second kappa shape index (κ2) is 15.5. The van der Waals surface area contributed by atoms with E-state index in [9.17, 15) is 19.8 Å². The molecular weight excluding hydrogens is 765 g/mol. The number of phenols is 2. The van der Waals surface area contributed by atoms with Crippen LogP contribution in [-0.4, -0.2) is 72.7 Å². The first-order valence-corrected chi connectivity index (χ1v) is 19.5. The Bertz CT molecular complexity index is 2560. The Kier molecular flexibility index (Phi) is 10.2. The van der Waals surface area contributed by atoms with Gasteiger partial charge in [-0.2, -0.15) is 15.0 Å². The summed E-state index contributed by atoms with van der Waals surface area (Å²) in [5.41, 5.74) is 7.64. The van der Waals surface area contributed by atoms with Crippen LogP contribution in [0.5, 0.6) is 29.0 Å². The van der Waals surface area contributed by atoms with Gasteiger partial charge in [-0.25, -0.2) is 4.79 Å². The van der Waals surface area contributed by atoms with E-state index in [-0.39, 0.29) is 53.0 Å². The lowest BCUT2D eigenvalue weighted by Gasteiger charge is -2.36. The zero-order chi connectivity index (χ0) is 42.3. The van der Waals surface area contributed by atoms with Crippen LogP contribution in [0.1, 0.15) is 72.4 Å². The van der Waals surface area contributed by atoms with Crippen LogP contribution in [0.15, 0.2) is 103 Å². The molecular formula is C45H44N8O7. The van der Waals surface area contributed by atoms with Gasteiger partial charge in [0.2, 0.25) is 17.8 Å². The zero-order valence-electron chi connectivity index (χ0n) is 33.6. The van der Waals surface area contributed by atoms with Crippen LogP contribution in [-0.2, 0) is 20.5 Å². The van der Waals surface area contributed by atoms with Crippen LogP contribution in [0.4, 0.5) is 23.3 Å². The molecule has 0 radical (unpaired) electrons. The number of rotatable bonds is 13. The summed E-state index contributed by atoms with van der Waals surface area (Å²) >= 11 is 0. The Morgan fingerprint density at radius 2 is 1.47 bits per heavy atom. The van der Waals surface area contributed by atoms with E-state index in [4.69, 9.17) is 19.9 Å². The third-order valence-electron chi connectivity index (χ3n) is 11.0. The average Bonchev–Trinajstić information content (AvgIpc) is 3.50. The fourth-order valence-corrected chi connectivity index (χ4v) is 8.29. The van der Waals surface area contributed by atoms with Gasteiger partial charge in [-0.1, -0.05) is 18.2 Å².